The van der Waals surface area contributed by atoms with E-state index in [9.17, 15) is 5.11 Å². The summed E-state index contributed by atoms with van der Waals surface area (Å²) in [5.41, 5.74) is 1.57. The highest BCUT2D eigenvalue weighted by Crippen LogP contribution is 2.29. The second kappa shape index (κ2) is 6.24. The van der Waals surface area contributed by atoms with Crippen molar-refractivity contribution in [3.63, 3.8) is 0 Å². The molecule has 18 heavy (non-hydrogen) atoms. The van der Waals surface area contributed by atoms with E-state index in [0.29, 0.717) is 17.7 Å². The van der Waals surface area contributed by atoms with Crippen LogP contribution in [-0.4, -0.2) is 17.7 Å². The van der Waals surface area contributed by atoms with Crippen molar-refractivity contribution in [1.29, 1.82) is 0 Å². The first kappa shape index (κ1) is 15.0. The lowest BCUT2D eigenvalue weighted by molar-refractivity contribution is 0.226. The van der Waals surface area contributed by atoms with E-state index in [-0.39, 0.29) is 5.41 Å². The van der Waals surface area contributed by atoms with E-state index in [0.717, 1.165) is 13.0 Å². The molecule has 0 heterocycles. The summed E-state index contributed by atoms with van der Waals surface area (Å²) >= 11 is 0. The van der Waals surface area contributed by atoms with Gasteiger partial charge in [0.1, 0.15) is 5.75 Å². The topological polar surface area (TPSA) is 32.3 Å². The Morgan fingerprint density at radius 3 is 2.11 bits per heavy atom. The minimum absolute atomic E-state index is 0.278. The third-order valence-corrected chi connectivity index (χ3v) is 3.42. The van der Waals surface area contributed by atoms with Crippen molar-refractivity contribution in [3.8, 4) is 5.75 Å². The Hall–Kier alpha value is -1.02. The molecule has 1 atom stereocenters. The molecular formula is C16H27NO. The zero-order chi connectivity index (χ0) is 13.8. The second-order valence-corrected chi connectivity index (χ2v) is 6.50. The number of phenolic OH excluding ortho intramolecular Hbond substituents is 1. The largest absolute Gasteiger partial charge is 0.508 e. The van der Waals surface area contributed by atoms with Crippen molar-refractivity contribution in [2.45, 2.75) is 47.1 Å². The van der Waals surface area contributed by atoms with Gasteiger partial charge >= 0.3 is 0 Å². The van der Waals surface area contributed by atoms with Crippen LogP contribution in [0.4, 0.5) is 0 Å². The molecule has 0 amide bonds. The first-order valence-electron chi connectivity index (χ1n) is 6.80. The van der Waals surface area contributed by atoms with E-state index in [1.807, 2.05) is 12.1 Å². The van der Waals surface area contributed by atoms with Crippen LogP contribution >= 0.6 is 0 Å². The molecule has 0 fully saturated rings. The van der Waals surface area contributed by atoms with E-state index in [1.54, 1.807) is 12.1 Å². The van der Waals surface area contributed by atoms with Crippen LogP contribution in [-0.2, 0) is 6.42 Å². The van der Waals surface area contributed by atoms with Crippen LogP contribution in [0.25, 0.3) is 0 Å². The molecule has 0 aliphatic carbocycles. The lowest BCUT2D eigenvalue weighted by atomic mass is 9.77. The van der Waals surface area contributed by atoms with E-state index in [2.05, 4.69) is 39.9 Å². The maximum atomic E-state index is 9.31. The molecule has 1 aromatic carbocycles. The molecule has 1 unspecified atom stereocenters. The van der Waals surface area contributed by atoms with E-state index in [1.165, 1.54) is 5.56 Å². The Kier molecular flexibility index (Phi) is 5.21. The van der Waals surface area contributed by atoms with Crippen molar-refractivity contribution < 1.29 is 5.11 Å². The molecule has 1 aromatic rings. The second-order valence-electron chi connectivity index (χ2n) is 6.50. The van der Waals surface area contributed by atoms with E-state index in [4.69, 9.17) is 0 Å². The summed E-state index contributed by atoms with van der Waals surface area (Å²) in [5, 5.41) is 12.8. The smallest absolute Gasteiger partial charge is 0.115 e. The van der Waals surface area contributed by atoms with Gasteiger partial charge in [-0.15, -0.1) is 0 Å². The molecule has 0 aliphatic heterocycles. The van der Waals surface area contributed by atoms with Crippen LogP contribution in [0.15, 0.2) is 24.3 Å². The third-order valence-electron chi connectivity index (χ3n) is 3.42. The highest BCUT2D eigenvalue weighted by atomic mass is 16.3. The fourth-order valence-electron chi connectivity index (χ4n) is 1.98. The van der Waals surface area contributed by atoms with Gasteiger partial charge in [0.25, 0.3) is 0 Å². The Labute approximate surface area is 111 Å². The van der Waals surface area contributed by atoms with Crippen molar-refractivity contribution in [2.75, 3.05) is 6.54 Å². The summed E-state index contributed by atoms with van der Waals surface area (Å²) in [6.45, 7) is 12.3. The average Bonchev–Trinajstić information content (AvgIpc) is 2.24. The van der Waals surface area contributed by atoms with Crippen LogP contribution in [0.2, 0.25) is 0 Å². The normalized spacial score (nSPS) is 13.9. The van der Waals surface area contributed by atoms with Crippen LogP contribution in [0.3, 0.4) is 0 Å². The number of benzene rings is 1. The number of phenols is 1. The van der Waals surface area contributed by atoms with Crippen LogP contribution in [0, 0.1) is 11.3 Å². The lowest BCUT2D eigenvalue weighted by Gasteiger charge is -2.32. The van der Waals surface area contributed by atoms with Gasteiger partial charge in [-0.3, -0.25) is 0 Å². The van der Waals surface area contributed by atoms with Crippen LogP contribution in [0.1, 0.15) is 40.2 Å². The molecular weight excluding hydrogens is 222 g/mol. The van der Waals surface area contributed by atoms with Gasteiger partial charge in [-0.1, -0.05) is 46.8 Å². The quantitative estimate of drug-likeness (QED) is 0.835. The summed E-state index contributed by atoms with van der Waals surface area (Å²) < 4.78 is 0. The molecule has 2 nitrogen and oxygen atoms in total. The SMILES string of the molecule is CC(C)NCC(Cc1ccc(O)cc1)C(C)(C)C. The third kappa shape index (κ3) is 5.09. The molecule has 0 radical (unpaired) electrons. The summed E-state index contributed by atoms with van der Waals surface area (Å²) in [7, 11) is 0. The average molecular weight is 249 g/mol. The Bertz CT molecular complexity index is 348. The zero-order valence-electron chi connectivity index (χ0n) is 12.3. The minimum atomic E-state index is 0.278. The monoisotopic (exact) mass is 249 g/mol. The summed E-state index contributed by atoms with van der Waals surface area (Å²) in [5.74, 6) is 0.927. The van der Waals surface area contributed by atoms with Gasteiger partial charge < -0.3 is 10.4 Å². The predicted molar refractivity (Wildman–Crippen MR) is 77.9 cm³/mol. The fourth-order valence-corrected chi connectivity index (χ4v) is 1.98. The molecule has 0 bridgehead atoms. The number of rotatable bonds is 5. The molecule has 2 N–H and O–H groups in total. The predicted octanol–water partition coefficient (Wildman–Crippen LogP) is 3.60. The molecule has 0 aliphatic rings. The Morgan fingerprint density at radius 1 is 1.11 bits per heavy atom. The number of hydrogen-bond acceptors (Lipinski definition) is 2. The molecule has 0 spiro atoms. The molecule has 102 valence electrons. The first-order chi connectivity index (χ1) is 8.29. The highest BCUT2D eigenvalue weighted by Gasteiger charge is 2.24. The van der Waals surface area contributed by atoms with Crippen molar-refractivity contribution in [3.05, 3.63) is 29.8 Å². The molecule has 0 saturated carbocycles. The van der Waals surface area contributed by atoms with Crippen molar-refractivity contribution >= 4 is 0 Å². The number of aromatic hydroxyl groups is 1. The minimum Gasteiger partial charge on any atom is -0.508 e. The van der Waals surface area contributed by atoms with Crippen molar-refractivity contribution in [2.24, 2.45) is 11.3 Å². The number of nitrogens with one attached hydrogen (secondary N) is 1. The van der Waals surface area contributed by atoms with Gasteiger partial charge in [-0.25, -0.2) is 0 Å². The maximum absolute atomic E-state index is 9.31. The molecule has 0 aromatic heterocycles. The van der Waals surface area contributed by atoms with Gasteiger partial charge in [-0.05, 0) is 42.0 Å². The van der Waals surface area contributed by atoms with Crippen molar-refractivity contribution in [1.82, 2.24) is 5.32 Å². The first-order valence-corrected chi connectivity index (χ1v) is 6.80. The standard InChI is InChI=1S/C16H27NO/c1-12(2)17-11-14(16(3,4)5)10-13-6-8-15(18)9-7-13/h6-9,12,14,17-18H,10-11H2,1-5H3. The van der Waals surface area contributed by atoms with Gasteiger partial charge in [0, 0.05) is 6.04 Å². The summed E-state index contributed by atoms with van der Waals surface area (Å²) in [4.78, 5) is 0. The van der Waals surface area contributed by atoms with Gasteiger partial charge in [-0.2, -0.15) is 0 Å². The fraction of sp³-hybridized carbons (Fsp3) is 0.625. The highest BCUT2D eigenvalue weighted by molar-refractivity contribution is 5.26. The van der Waals surface area contributed by atoms with E-state index >= 15 is 0 Å². The van der Waals surface area contributed by atoms with E-state index < -0.39 is 0 Å². The van der Waals surface area contributed by atoms with Crippen LogP contribution < -0.4 is 5.32 Å². The molecule has 2 heteroatoms. The van der Waals surface area contributed by atoms with Gasteiger partial charge in [0.2, 0.25) is 0 Å². The van der Waals surface area contributed by atoms with Gasteiger partial charge in [0.05, 0.1) is 0 Å². The molecule has 0 saturated heterocycles. The zero-order valence-corrected chi connectivity index (χ0v) is 12.3. The summed E-state index contributed by atoms with van der Waals surface area (Å²) in [6.07, 6.45) is 1.05. The maximum Gasteiger partial charge on any atom is 0.115 e. The molecule has 1 rings (SSSR count). The Balaban J connectivity index is 2.69. The van der Waals surface area contributed by atoms with Gasteiger partial charge in [0.15, 0.2) is 0 Å². The number of hydrogen-bond donors (Lipinski definition) is 2. The van der Waals surface area contributed by atoms with Crippen LogP contribution in [0.5, 0.6) is 5.75 Å². The Morgan fingerprint density at radius 2 is 1.67 bits per heavy atom. The summed E-state index contributed by atoms with van der Waals surface area (Å²) in [6, 6.07) is 8.10. The lowest BCUT2D eigenvalue weighted by Crippen LogP contribution is -2.36.